The van der Waals surface area contributed by atoms with Crippen LogP contribution in [0.5, 0.6) is 17.2 Å². The normalized spacial score (nSPS) is 14.3. The van der Waals surface area contributed by atoms with Gasteiger partial charge in [-0.2, -0.15) is 43.9 Å². The van der Waals surface area contributed by atoms with Crippen LogP contribution in [0.25, 0.3) is 0 Å². The lowest BCUT2D eigenvalue weighted by Crippen LogP contribution is -2.40. The van der Waals surface area contributed by atoms with Crippen molar-refractivity contribution in [3.05, 3.63) is 89.5 Å². The molecule has 39 heavy (non-hydrogen) atoms. The van der Waals surface area contributed by atoms with E-state index in [4.69, 9.17) is 4.74 Å². The van der Waals surface area contributed by atoms with Gasteiger partial charge < -0.3 is 19.9 Å². The van der Waals surface area contributed by atoms with Crippen LogP contribution in [0.1, 0.15) is 22.7 Å². The van der Waals surface area contributed by atoms with Crippen LogP contribution in [0.4, 0.5) is 43.9 Å². The van der Waals surface area contributed by atoms with Crippen LogP contribution in [-0.2, 0) is 5.92 Å². The van der Waals surface area contributed by atoms with Crippen LogP contribution in [0, 0.1) is 0 Å². The van der Waals surface area contributed by atoms with Gasteiger partial charge in [0.1, 0.15) is 17.2 Å². The first kappa shape index (κ1) is 30.0. The van der Waals surface area contributed by atoms with Gasteiger partial charge >= 0.3 is 24.9 Å². The number of ether oxygens (including phenoxy) is 2. The second kappa shape index (κ2) is 11.7. The van der Waals surface area contributed by atoms with Crippen molar-refractivity contribution >= 4 is 0 Å². The number of aliphatic hydroxyl groups is 1. The molecule has 0 aliphatic carbocycles. The Morgan fingerprint density at radius 1 is 0.718 bits per heavy atom. The van der Waals surface area contributed by atoms with E-state index in [0.717, 1.165) is 18.2 Å². The summed E-state index contributed by atoms with van der Waals surface area (Å²) < 4.78 is 140. The van der Waals surface area contributed by atoms with Crippen molar-refractivity contribution in [3.8, 4) is 17.2 Å². The maximum atomic E-state index is 14.0. The van der Waals surface area contributed by atoms with E-state index in [-0.39, 0.29) is 28.4 Å². The van der Waals surface area contributed by atoms with E-state index in [2.05, 4.69) is 10.1 Å². The zero-order valence-corrected chi connectivity index (χ0v) is 19.4. The molecule has 0 heterocycles. The summed E-state index contributed by atoms with van der Waals surface area (Å²) in [5.74, 6) is -5.45. The highest BCUT2D eigenvalue weighted by molar-refractivity contribution is 5.42. The van der Waals surface area contributed by atoms with Crippen LogP contribution in [0.3, 0.4) is 0 Å². The molecule has 0 saturated heterocycles. The van der Waals surface area contributed by atoms with Crippen molar-refractivity contribution in [2.75, 3.05) is 6.54 Å². The van der Waals surface area contributed by atoms with Gasteiger partial charge in [-0.3, -0.25) is 0 Å². The van der Waals surface area contributed by atoms with Gasteiger partial charge in [-0.05, 0) is 41.5 Å². The van der Waals surface area contributed by atoms with Crippen LogP contribution >= 0.6 is 0 Å². The summed E-state index contributed by atoms with van der Waals surface area (Å²) in [5, 5.41) is 11.8. The molecule has 0 radical (unpaired) electrons. The standard InChI is InChI=1S/C25H19F10NO3/c26-22(27)39-19-9-3-8-18(12-19)38-17-7-2-5-15(11-17)21(36-13-20(37)24(30,31)32)14-4-1-6-16(10-14)23(28,29)25(33,34)35/h1-12,20-22,36-37H,13H2/t20-,21?/m1/s1. The highest BCUT2D eigenvalue weighted by Crippen LogP contribution is 2.44. The molecule has 0 fully saturated rings. The number of aliphatic hydroxyl groups excluding tert-OH is 1. The first-order chi connectivity index (χ1) is 18.1. The van der Waals surface area contributed by atoms with Gasteiger partial charge in [0.2, 0.25) is 0 Å². The molecule has 0 bridgehead atoms. The number of alkyl halides is 10. The van der Waals surface area contributed by atoms with Crippen LogP contribution in [-0.4, -0.2) is 36.7 Å². The van der Waals surface area contributed by atoms with Crippen molar-refractivity contribution in [2.24, 2.45) is 0 Å². The molecule has 0 aromatic heterocycles. The van der Waals surface area contributed by atoms with E-state index in [0.29, 0.717) is 12.1 Å². The Labute approximate surface area is 214 Å². The fourth-order valence-corrected chi connectivity index (χ4v) is 3.46. The van der Waals surface area contributed by atoms with E-state index in [9.17, 15) is 49.0 Å². The van der Waals surface area contributed by atoms with E-state index in [1.807, 2.05) is 0 Å². The SMILES string of the molecule is O[C@H](CNC(c1cccc(Oc2cccc(OC(F)F)c2)c1)c1cccc(C(F)(F)C(F)(F)F)c1)C(F)(F)F. The van der Waals surface area contributed by atoms with Gasteiger partial charge in [-0.1, -0.05) is 36.4 Å². The summed E-state index contributed by atoms with van der Waals surface area (Å²) in [7, 11) is 0. The topological polar surface area (TPSA) is 50.7 Å². The first-order valence-corrected chi connectivity index (χ1v) is 10.9. The van der Waals surface area contributed by atoms with E-state index in [1.165, 1.54) is 42.5 Å². The van der Waals surface area contributed by atoms with E-state index >= 15 is 0 Å². The molecule has 0 amide bonds. The third-order valence-corrected chi connectivity index (χ3v) is 5.29. The molecule has 0 saturated carbocycles. The molecule has 0 aliphatic heterocycles. The average Bonchev–Trinajstić information content (AvgIpc) is 2.83. The highest BCUT2D eigenvalue weighted by atomic mass is 19.4. The van der Waals surface area contributed by atoms with Gasteiger partial charge in [0.05, 0.1) is 6.04 Å². The van der Waals surface area contributed by atoms with Crippen molar-refractivity contribution < 1.29 is 58.5 Å². The lowest BCUT2D eigenvalue weighted by atomic mass is 9.95. The number of benzene rings is 3. The van der Waals surface area contributed by atoms with Gasteiger partial charge in [-0.25, -0.2) is 0 Å². The lowest BCUT2D eigenvalue weighted by molar-refractivity contribution is -0.289. The summed E-state index contributed by atoms with van der Waals surface area (Å²) in [6.07, 6.45) is -13.9. The maximum absolute atomic E-state index is 14.0. The summed E-state index contributed by atoms with van der Waals surface area (Å²) >= 11 is 0. The molecular weight excluding hydrogens is 552 g/mol. The van der Waals surface area contributed by atoms with Gasteiger partial charge in [0.25, 0.3) is 0 Å². The largest absolute Gasteiger partial charge is 0.458 e. The highest BCUT2D eigenvalue weighted by Gasteiger charge is 2.58. The molecule has 0 spiro atoms. The Bertz CT molecular complexity index is 1250. The smallest absolute Gasteiger partial charge is 0.457 e. The molecule has 0 aliphatic rings. The number of halogens is 10. The molecule has 14 heteroatoms. The molecule has 4 nitrogen and oxygen atoms in total. The van der Waals surface area contributed by atoms with Crippen molar-refractivity contribution in [3.63, 3.8) is 0 Å². The van der Waals surface area contributed by atoms with E-state index < -0.39 is 49.1 Å². The quantitative estimate of drug-likeness (QED) is 0.250. The zero-order valence-electron chi connectivity index (χ0n) is 19.4. The molecule has 2 atom stereocenters. The third-order valence-electron chi connectivity index (χ3n) is 5.29. The minimum Gasteiger partial charge on any atom is -0.457 e. The Morgan fingerprint density at radius 3 is 1.85 bits per heavy atom. The number of hydrogen-bond acceptors (Lipinski definition) is 4. The average molecular weight is 571 g/mol. The van der Waals surface area contributed by atoms with Gasteiger partial charge in [-0.15, -0.1) is 0 Å². The third kappa shape index (κ3) is 7.76. The van der Waals surface area contributed by atoms with Crippen molar-refractivity contribution in [1.82, 2.24) is 5.32 Å². The van der Waals surface area contributed by atoms with Crippen molar-refractivity contribution in [1.29, 1.82) is 0 Å². The molecular formula is C25H19F10NO3. The van der Waals surface area contributed by atoms with Crippen LogP contribution in [0.2, 0.25) is 0 Å². The molecule has 212 valence electrons. The molecule has 3 aromatic rings. The Kier molecular flexibility index (Phi) is 9.01. The molecule has 2 N–H and O–H groups in total. The second-order valence-corrected chi connectivity index (χ2v) is 8.12. The maximum Gasteiger partial charge on any atom is 0.458 e. The first-order valence-electron chi connectivity index (χ1n) is 10.9. The zero-order chi connectivity index (χ0) is 29.0. The number of rotatable bonds is 10. The van der Waals surface area contributed by atoms with Gasteiger partial charge in [0, 0.05) is 18.2 Å². The fourth-order valence-electron chi connectivity index (χ4n) is 3.46. The number of hydrogen-bond donors (Lipinski definition) is 2. The Hall–Kier alpha value is -3.52. The minimum absolute atomic E-state index is 0.0154. The summed E-state index contributed by atoms with van der Waals surface area (Å²) in [4.78, 5) is 0. The second-order valence-electron chi connectivity index (χ2n) is 8.12. The fraction of sp³-hybridized carbons (Fsp3) is 0.280. The lowest BCUT2D eigenvalue weighted by Gasteiger charge is -2.25. The summed E-state index contributed by atoms with van der Waals surface area (Å²) in [5.41, 5.74) is -1.65. The molecule has 1 unspecified atom stereocenters. The Morgan fingerprint density at radius 2 is 1.26 bits per heavy atom. The van der Waals surface area contributed by atoms with E-state index in [1.54, 1.807) is 0 Å². The summed E-state index contributed by atoms with van der Waals surface area (Å²) in [6.45, 7) is -4.24. The predicted molar refractivity (Wildman–Crippen MR) is 118 cm³/mol. The monoisotopic (exact) mass is 571 g/mol. The van der Waals surface area contributed by atoms with Gasteiger partial charge in [0.15, 0.2) is 6.10 Å². The minimum atomic E-state index is -5.93. The molecule has 3 aromatic carbocycles. The Balaban J connectivity index is 1.98. The number of nitrogens with one attached hydrogen (secondary N) is 1. The summed E-state index contributed by atoms with van der Waals surface area (Å²) in [6, 6.07) is 12.0. The van der Waals surface area contributed by atoms with Crippen LogP contribution < -0.4 is 14.8 Å². The predicted octanol–water partition coefficient (Wildman–Crippen LogP) is 7.34. The van der Waals surface area contributed by atoms with Crippen molar-refractivity contribution in [2.45, 2.75) is 37.0 Å². The van der Waals surface area contributed by atoms with Crippen LogP contribution in [0.15, 0.2) is 72.8 Å². The molecule has 3 rings (SSSR count).